The van der Waals surface area contributed by atoms with Gasteiger partial charge in [0.15, 0.2) is 0 Å². The normalized spacial score (nSPS) is 37.6. The van der Waals surface area contributed by atoms with Crippen LogP contribution in [-0.2, 0) is 9.53 Å². The number of aliphatic carboxylic acids is 1. The van der Waals surface area contributed by atoms with E-state index in [2.05, 4.69) is 38.2 Å². The molecule has 1 aliphatic heterocycles. The lowest BCUT2D eigenvalue weighted by Crippen LogP contribution is -2.53. The number of hydrogen-bond acceptors (Lipinski definition) is 3. The van der Waals surface area contributed by atoms with Crippen LogP contribution in [0.2, 0.25) is 0 Å². The average Bonchev–Trinajstić information content (AvgIpc) is 2.69. The summed E-state index contributed by atoms with van der Waals surface area (Å²) in [5, 5.41) is 13.0. The van der Waals surface area contributed by atoms with Gasteiger partial charge in [-0.25, -0.2) is 0 Å². The second-order valence-electron chi connectivity index (χ2n) is 9.90. The number of nitrogens with one attached hydrogen (secondary N) is 1. The van der Waals surface area contributed by atoms with Crippen LogP contribution >= 0.6 is 0 Å². The summed E-state index contributed by atoms with van der Waals surface area (Å²) >= 11 is 0. The number of rotatable bonds is 2. The van der Waals surface area contributed by atoms with Gasteiger partial charge in [0, 0.05) is 13.1 Å². The Hall–Kier alpha value is -1.13. The fraction of sp³-hybridized carbons (Fsp3) is 0.792. The van der Waals surface area contributed by atoms with Crippen molar-refractivity contribution in [1.29, 1.82) is 0 Å². The average molecular weight is 390 g/mol. The fourth-order valence-corrected chi connectivity index (χ4v) is 6.12. The van der Waals surface area contributed by atoms with Crippen molar-refractivity contribution >= 4 is 5.97 Å². The molecule has 0 amide bonds. The van der Waals surface area contributed by atoms with E-state index >= 15 is 0 Å². The molecule has 0 bridgehead atoms. The van der Waals surface area contributed by atoms with E-state index in [1.807, 2.05) is 6.92 Å². The highest BCUT2D eigenvalue weighted by molar-refractivity contribution is 5.75. The molecule has 158 valence electrons. The summed E-state index contributed by atoms with van der Waals surface area (Å²) in [4.78, 5) is 11.9. The number of allylic oxidation sites excluding steroid dienone is 4. The quantitative estimate of drug-likeness (QED) is 0.711. The molecule has 4 aliphatic rings. The smallest absolute Gasteiger partial charge is 0.309 e. The minimum absolute atomic E-state index is 0.161. The third-order valence-electron chi connectivity index (χ3n) is 7.91. The van der Waals surface area contributed by atoms with Gasteiger partial charge in [-0.1, -0.05) is 44.9 Å². The number of ether oxygens (including phenoxy) is 1. The van der Waals surface area contributed by atoms with Crippen molar-refractivity contribution in [3.05, 3.63) is 23.3 Å². The third kappa shape index (κ3) is 4.09. The van der Waals surface area contributed by atoms with Gasteiger partial charge in [-0.2, -0.15) is 0 Å². The molecule has 4 rings (SSSR count). The zero-order valence-corrected chi connectivity index (χ0v) is 18.2. The number of fused-ring (bicyclic) bond motifs is 3. The molecule has 0 aromatic heterocycles. The standard InChI is InChI=1S/C20H30O2.C4H9NO/c1-13(2)14-6-8-16-15(12-14)7-9-17-19(16,3)10-5-11-20(17,4)18(21)22;1-3-6-4-2-5-1/h7,12-13,16-17H,5-6,8-11H2,1-4H3,(H,21,22);5H,1-4H2/t16-,17?,19+,20+;/m0./s1. The predicted octanol–water partition coefficient (Wildman–Crippen LogP) is 4.81. The van der Waals surface area contributed by atoms with E-state index in [0.29, 0.717) is 11.8 Å². The van der Waals surface area contributed by atoms with Crippen molar-refractivity contribution in [2.45, 2.75) is 66.2 Å². The molecule has 0 radical (unpaired) electrons. The zero-order valence-electron chi connectivity index (χ0n) is 18.2. The first-order valence-electron chi connectivity index (χ1n) is 11.2. The van der Waals surface area contributed by atoms with Crippen LogP contribution < -0.4 is 5.32 Å². The Morgan fingerprint density at radius 3 is 2.50 bits per heavy atom. The summed E-state index contributed by atoms with van der Waals surface area (Å²) in [6.45, 7) is 12.8. The molecule has 0 spiro atoms. The highest BCUT2D eigenvalue weighted by Gasteiger charge is 2.57. The summed E-state index contributed by atoms with van der Waals surface area (Å²) in [7, 11) is 0. The van der Waals surface area contributed by atoms with Crippen molar-refractivity contribution in [3.8, 4) is 0 Å². The van der Waals surface area contributed by atoms with Gasteiger partial charge in [0.2, 0.25) is 0 Å². The molecule has 4 atom stereocenters. The Morgan fingerprint density at radius 2 is 1.96 bits per heavy atom. The van der Waals surface area contributed by atoms with Gasteiger partial charge < -0.3 is 15.2 Å². The number of carboxylic acid groups (broad SMARTS) is 1. The van der Waals surface area contributed by atoms with Crippen LogP contribution in [0.4, 0.5) is 0 Å². The maximum Gasteiger partial charge on any atom is 0.309 e. The lowest BCUT2D eigenvalue weighted by Gasteiger charge is -2.57. The van der Waals surface area contributed by atoms with Gasteiger partial charge in [0.1, 0.15) is 0 Å². The molecular weight excluding hydrogens is 350 g/mol. The summed E-state index contributed by atoms with van der Waals surface area (Å²) in [6, 6.07) is 0. The Kier molecular flexibility index (Phi) is 6.71. The summed E-state index contributed by atoms with van der Waals surface area (Å²) < 4.78 is 5.01. The van der Waals surface area contributed by atoms with E-state index in [1.54, 1.807) is 5.57 Å². The monoisotopic (exact) mass is 389 g/mol. The van der Waals surface area contributed by atoms with Gasteiger partial charge in [-0.05, 0) is 67.8 Å². The molecule has 1 saturated heterocycles. The van der Waals surface area contributed by atoms with Crippen LogP contribution in [0.3, 0.4) is 0 Å². The highest BCUT2D eigenvalue weighted by Crippen LogP contribution is 2.62. The van der Waals surface area contributed by atoms with Gasteiger partial charge in [0.05, 0.1) is 18.6 Å². The second-order valence-corrected chi connectivity index (χ2v) is 9.90. The van der Waals surface area contributed by atoms with Crippen molar-refractivity contribution in [2.75, 3.05) is 26.3 Å². The van der Waals surface area contributed by atoms with E-state index in [0.717, 1.165) is 45.6 Å². The van der Waals surface area contributed by atoms with E-state index < -0.39 is 11.4 Å². The highest BCUT2D eigenvalue weighted by atomic mass is 16.5. The van der Waals surface area contributed by atoms with Crippen molar-refractivity contribution in [3.63, 3.8) is 0 Å². The van der Waals surface area contributed by atoms with Gasteiger partial charge >= 0.3 is 5.97 Å². The van der Waals surface area contributed by atoms with Crippen LogP contribution in [0, 0.1) is 28.6 Å². The molecule has 0 aromatic rings. The minimum atomic E-state index is -0.588. The first kappa shape index (κ1) is 21.6. The van der Waals surface area contributed by atoms with Crippen LogP contribution in [-0.4, -0.2) is 37.4 Å². The molecule has 1 unspecified atom stereocenters. The van der Waals surface area contributed by atoms with E-state index in [1.165, 1.54) is 24.8 Å². The van der Waals surface area contributed by atoms with Crippen LogP contribution in [0.25, 0.3) is 0 Å². The SMILES string of the molecule is C1COCCN1.CC(C)C1=CC2=CCC3[C@](C)(C(=O)O)CCC[C@]3(C)[C@H]2CC1. The van der Waals surface area contributed by atoms with Crippen LogP contribution in [0.15, 0.2) is 23.3 Å². The Bertz CT molecular complexity index is 622. The molecule has 2 fully saturated rings. The predicted molar refractivity (Wildman–Crippen MR) is 113 cm³/mol. The lowest BCUT2D eigenvalue weighted by molar-refractivity contribution is -0.162. The van der Waals surface area contributed by atoms with E-state index in [-0.39, 0.29) is 11.3 Å². The van der Waals surface area contributed by atoms with E-state index in [9.17, 15) is 9.90 Å². The maximum absolute atomic E-state index is 11.9. The first-order chi connectivity index (χ1) is 13.3. The molecule has 4 nitrogen and oxygen atoms in total. The summed E-state index contributed by atoms with van der Waals surface area (Å²) in [5.74, 6) is 0.888. The molecule has 2 N–H and O–H groups in total. The number of carboxylic acids is 1. The van der Waals surface area contributed by atoms with Gasteiger partial charge in [0.25, 0.3) is 0 Å². The summed E-state index contributed by atoms with van der Waals surface area (Å²) in [6.07, 6.45) is 11.2. The summed E-state index contributed by atoms with van der Waals surface area (Å²) in [5.41, 5.74) is 2.69. The molecule has 3 aliphatic carbocycles. The fourth-order valence-electron chi connectivity index (χ4n) is 6.12. The molecule has 4 heteroatoms. The van der Waals surface area contributed by atoms with Crippen molar-refractivity contribution < 1.29 is 14.6 Å². The maximum atomic E-state index is 11.9. The Labute approximate surface area is 170 Å². The molecule has 28 heavy (non-hydrogen) atoms. The van der Waals surface area contributed by atoms with E-state index in [4.69, 9.17) is 4.74 Å². The second kappa shape index (κ2) is 8.71. The Morgan fingerprint density at radius 1 is 1.25 bits per heavy atom. The lowest BCUT2D eigenvalue weighted by atomic mass is 9.47. The minimum Gasteiger partial charge on any atom is -0.481 e. The molecule has 1 saturated carbocycles. The number of morpholine rings is 1. The Balaban J connectivity index is 0.000000320. The topological polar surface area (TPSA) is 58.6 Å². The van der Waals surface area contributed by atoms with Crippen molar-refractivity contribution in [1.82, 2.24) is 5.32 Å². The number of carbonyl (C=O) groups is 1. The largest absolute Gasteiger partial charge is 0.481 e. The molecule has 1 heterocycles. The van der Waals surface area contributed by atoms with Crippen LogP contribution in [0.1, 0.15) is 66.2 Å². The van der Waals surface area contributed by atoms with Crippen molar-refractivity contribution in [2.24, 2.45) is 28.6 Å². The molecular formula is C24H39NO3. The van der Waals surface area contributed by atoms with Gasteiger partial charge in [-0.15, -0.1) is 0 Å². The molecule has 0 aromatic carbocycles. The zero-order chi connectivity index (χ0) is 20.4. The first-order valence-corrected chi connectivity index (χ1v) is 11.2. The van der Waals surface area contributed by atoms with Crippen LogP contribution in [0.5, 0.6) is 0 Å². The van der Waals surface area contributed by atoms with Gasteiger partial charge in [-0.3, -0.25) is 4.79 Å². The third-order valence-corrected chi connectivity index (χ3v) is 7.91. The number of hydrogen-bond donors (Lipinski definition) is 2.